The van der Waals surface area contributed by atoms with Crippen LogP contribution in [0.5, 0.6) is 0 Å². The zero-order valence-electron chi connectivity index (χ0n) is 9.83. The molecule has 98 valence electrons. The van der Waals surface area contributed by atoms with E-state index in [9.17, 15) is 9.46 Å². The third-order valence-corrected chi connectivity index (χ3v) is 5.81. The Hall–Kier alpha value is 0.588. The second kappa shape index (κ2) is 7.12. The summed E-state index contributed by atoms with van der Waals surface area (Å²) in [5.74, 6) is 0. The summed E-state index contributed by atoms with van der Waals surface area (Å²) < 4.78 is 20.2. The van der Waals surface area contributed by atoms with Crippen molar-refractivity contribution in [1.29, 1.82) is 0 Å². The molecule has 0 heterocycles. The molecule has 0 radical (unpaired) electrons. The summed E-state index contributed by atoms with van der Waals surface area (Å²) in [5.41, 5.74) is 6.40. The summed E-state index contributed by atoms with van der Waals surface area (Å²) in [6.07, 6.45) is -1.20. The van der Waals surface area contributed by atoms with Crippen LogP contribution < -0.4 is 4.89 Å². The third kappa shape index (κ3) is 9.79. The monoisotopic (exact) mass is 318 g/mol. The molecule has 0 saturated carbocycles. The first-order chi connectivity index (χ1) is 7.16. The van der Waals surface area contributed by atoms with Crippen molar-refractivity contribution in [2.75, 3.05) is 19.8 Å². The van der Waals surface area contributed by atoms with E-state index in [0.29, 0.717) is 0 Å². The number of aliphatic hydroxyl groups excluding tert-OH is 2. The molecule has 0 rings (SSSR count). The van der Waals surface area contributed by atoms with Crippen LogP contribution in [0.2, 0.25) is 22.3 Å². The van der Waals surface area contributed by atoms with Gasteiger partial charge in [0.15, 0.2) is 0 Å². The van der Waals surface area contributed by atoms with Gasteiger partial charge < -0.3 is 0 Å². The normalized spacial score (nSPS) is 18.1. The van der Waals surface area contributed by atoms with Gasteiger partial charge in [-0.1, -0.05) is 0 Å². The van der Waals surface area contributed by atoms with Gasteiger partial charge in [-0.05, 0) is 0 Å². The van der Waals surface area contributed by atoms with E-state index in [1.54, 1.807) is 0 Å². The predicted molar refractivity (Wildman–Crippen MR) is 60.8 cm³/mol. The van der Waals surface area contributed by atoms with Crippen LogP contribution in [0.1, 0.15) is 0 Å². The van der Waals surface area contributed by atoms with Crippen molar-refractivity contribution in [2.45, 2.75) is 28.4 Å². The Balaban J connectivity index is 3.83. The molecule has 0 fully saturated rings. The molecule has 2 unspecified atom stereocenters. The summed E-state index contributed by atoms with van der Waals surface area (Å²) in [6, 6.07) is 0. The van der Waals surface area contributed by atoms with Crippen LogP contribution in [0.15, 0.2) is 0 Å². The summed E-state index contributed by atoms with van der Waals surface area (Å²) in [6.45, 7) is -0.907. The van der Waals surface area contributed by atoms with E-state index in [2.05, 4.69) is 26.2 Å². The fourth-order valence-electron chi connectivity index (χ4n) is 0.694. The summed E-state index contributed by atoms with van der Waals surface area (Å²) >= 11 is -1.65. The van der Waals surface area contributed by atoms with Crippen molar-refractivity contribution >= 4 is 21.4 Å². The molecule has 6 nitrogen and oxygen atoms in total. The van der Waals surface area contributed by atoms with Gasteiger partial charge in [0.1, 0.15) is 0 Å². The zero-order chi connectivity index (χ0) is 12.8. The first-order valence-electron chi connectivity index (χ1n) is 4.86. The van der Waals surface area contributed by atoms with Gasteiger partial charge >= 0.3 is 98.4 Å². The number of phosphoric acid groups is 1. The van der Waals surface area contributed by atoms with Crippen LogP contribution >= 0.6 is 7.82 Å². The maximum atomic E-state index is 11.1. The Morgan fingerprint density at radius 3 is 2.38 bits per heavy atom. The Morgan fingerprint density at radius 2 is 1.94 bits per heavy atom. The zero-order valence-corrected chi connectivity index (χ0v) is 12.6. The number of aliphatic hydroxyl groups is 2. The molecule has 0 aromatic rings. The van der Waals surface area contributed by atoms with Crippen LogP contribution in [-0.2, 0) is 13.6 Å². The Bertz CT molecular complexity index is 241. The van der Waals surface area contributed by atoms with Gasteiger partial charge in [0.25, 0.3) is 0 Å². The van der Waals surface area contributed by atoms with Gasteiger partial charge in [-0.15, -0.1) is 0 Å². The van der Waals surface area contributed by atoms with Gasteiger partial charge in [-0.2, -0.15) is 0 Å². The Morgan fingerprint density at radius 1 is 1.38 bits per heavy atom. The van der Waals surface area contributed by atoms with E-state index in [1.807, 2.05) is 0 Å². The van der Waals surface area contributed by atoms with Crippen LogP contribution in [0, 0.1) is 0 Å². The molecule has 0 saturated heterocycles. The third-order valence-electron chi connectivity index (χ3n) is 1.65. The number of rotatable bonds is 8. The van der Waals surface area contributed by atoms with E-state index < -0.39 is 40.7 Å². The molecule has 0 aliphatic rings. The van der Waals surface area contributed by atoms with Crippen LogP contribution in [0.25, 0.3) is 0 Å². The van der Waals surface area contributed by atoms with E-state index in [0.717, 1.165) is 5.21 Å². The summed E-state index contributed by atoms with van der Waals surface area (Å²) in [5, 5.41) is 18.1. The molecule has 2 N–H and O–H groups in total. The van der Waals surface area contributed by atoms with Crippen LogP contribution in [0.4, 0.5) is 0 Å². The first-order valence-corrected chi connectivity index (χ1v) is 13.3. The number of phosphoric ester groups is 1. The molecule has 0 amide bonds. The average Bonchev–Trinajstić information content (AvgIpc) is 2.12. The SMILES string of the molecule is C[As+](C)(C)CCOP(=O)([O-])OCC(O)CO. The topological polar surface area (TPSA) is 99.1 Å². The molecule has 2 atom stereocenters. The predicted octanol–water partition coefficient (Wildman–Crippen LogP) is 0.179. The van der Waals surface area contributed by atoms with E-state index in [4.69, 9.17) is 10.2 Å². The minimum absolute atomic E-state index is 0.118. The van der Waals surface area contributed by atoms with E-state index in [-0.39, 0.29) is 6.61 Å². The Labute approximate surface area is 98.6 Å². The molecule has 16 heavy (non-hydrogen) atoms. The quantitative estimate of drug-likeness (QED) is 0.489. The standard InChI is InChI=1S/C8H20AsO6P/c1-9(2,3)4-5-14-16(12,13)15-7-8(11)6-10/h8,10-11H,4-7H2,1-3H3. The molecular formula is C8H20AsO6P. The molecule has 0 aromatic carbocycles. The van der Waals surface area contributed by atoms with Crippen LogP contribution in [0.3, 0.4) is 0 Å². The van der Waals surface area contributed by atoms with E-state index in [1.165, 1.54) is 0 Å². The van der Waals surface area contributed by atoms with Crippen molar-refractivity contribution in [1.82, 2.24) is 0 Å². The van der Waals surface area contributed by atoms with Crippen molar-refractivity contribution in [3.63, 3.8) is 0 Å². The second-order valence-electron chi connectivity index (χ2n) is 4.43. The minimum atomic E-state index is -4.34. The van der Waals surface area contributed by atoms with Gasteiger partial charge in [0, 0.05) is 0 Å². The van der Waals surface area contributed by atoms with Gasteiger partial charge in [-0.25, -0.2) is 0 Å². The Kier molecular flexibility index (Phi) is 7.38. The molecule has 0 aliphatic carbocycles. The first kappa shape index (κ1) is 16.6. The molecule has 0 bridgehead atoms. The van der Waals surface area contributed by atoms with Gasteiger partial charge in [0.05, 0.1) is 0 Å². The second-order valence-corrected chi connectivity index (χ2v) is 16.4. The molecule has 0 aromatic heterocycles. The summed E-state index contributed by atoms with van der Waals surface area (Å²) in [7, 11) is -4.34. The molecular weight excluding hydrogens is 298 g/mol. The van der Waals surface area contributed by atoms with Crippen molar-refractivity contribution in [3.8, 4) is 0 Å². The van der Waals surface area contributed by atoms with E-state index >= 15 is 0 Å². The molecule has 0 aliphatic heterocycles. The fraction of sp³-hybridized carbons (Fsp3) is 1.00. The average molecular weight is 318 g/mol. The summed E-state index contributed by atoms with van der Waals surface area (Å²) in [4.78, 5) is 11.1. The van der Waals surface area contributed by atoms with Crippen LogP contribution in [-0.4, -0.2) is 49.7 Å². The van der Waals surface area contributed by atoms with Crippen molar-refractivity contribution in [2.24, 2.45) is 0 Å². The van der Waals surface area contributed by atoms with Gasteiger partial charge in [0.2, 0.25) is 0 Å². The fourth-order valence-corrected chi connectivity index (χ4v) is 3.09. The number of hydrogen-bond acceptors (Lipinski definition) is 6. The van der Waals surface area contributed by atoms with Gasteiger partial charge in [-0.3, -0.25) is 0 Å². The number of hydrogen-bond donors (Lipinski definition) is 2. The maximum absolute atomic E-state index is 11.1. The van der Waals surface area contributed by atoms with Crippen molar-refractivity contribution in [3.05, 3.63) is 0 Å². The van der Waals surface area contributed by atoms with Crippen molar-refractivity contribution < 1.29 is 28.7 Å². The molecule has 0 spiro atoms. The molecule has 8 heteroatoms.